The molecular formula is C12H17NOS. The molecule has 2 rings (SSSR count). The molecule has 1 aliphatic carbocycles. The Bertz CT molecular complexity index is 334. The van der Waals surface area contributed by atoms with Crippen LogP contribution in [0.2, 0.25) is 0 Å². The summed E-state index contributed by atoms with van der Waals surface area (Å²) in [5.74, 6) is 1.20. The molecule has 0 amide bonds. The predicted molar refractivity (Wildman–Crippen MR) is 64.6 cm³/mol. The normalized spacial score (nSPS) is 25.7. The zero-order valence-electron chi connectivity index (χ0n) is 9.06. The van der Waals surface area contributed by atoms with Crippen LogP contribution in [0.25, 0.3) is 0 Å². The summed E-state index contributed by atoms with van der Waals surface area (Å²) in [7, 11) is 0. The van der Waals surface area contributed by atoms with E-state index in [1.807, 2.05) is 18.3 Å². The third kappa shape index (κ3) is 2.28. The van der Waals surface area contributed by atoms with Crippen molar-refractivity contribution in [2.45, 2.75) is 37.5 Å². The molecular weight excluding hydrogens is 206 g/mol. The maximum Gasteiger partial charge on any atom is 0.166 e. The van der Waals surface area contributed by atoms with Gasteiger partial charge in [0.25, 0.3) is 0 Å². The molecule has 1 aromatic heterocycles. The molecule has 1 saturated carbocycles. The van der Waals surface area contributed by atoms with Crippen LogP contribution in [-0.2, 0) is 0 Å². The Morgan fingerprint density at radius 2 is 2.47 bits per heavy atom. The van der Waals surface area contributed by atoms with Gasteiger partial charge in [0.15, 0.2) is 6.29 Å². The lowest BCUT2D eigenvalue weighted by Crippen LogP contribution is -2.08. The molecule has 1 aliphatic rings. The first-order valence-corrected chi connectivity index (χ1v) is 6.63. The van der Waals surface area contributed by atoms with Gasteiger partial charge in [-0.05, 0) is 37.1 Å². The first-order chi connectivity index (χ1) is 7.35. The maximum atomic E-state index is 10.8. The van der Waals surface area contributed by atoms with E-state index in [0.717, 1.165) is 17.2 Å². The maximum absolute atomic E-state index is 10.8. The SMILES string of the molecule is CCSC1CCC(n2cccc2C=O)C1. The summed E-state index contributed by atoms with van der Waals surface area (Å²) < 4.78 is 2.14. The van der Waals surface area contributed by atoms with Gasteiger partial charge in [0.1, 0.15) is 0 Å². The van der Waals surface area contributed by atoms with Gasteiger partial charge in [-0.2, -0.15) is 11.8 Å². The second-order valence-corrected chi connectivity index (χ2v) is 5.58. The Morgan fingerprint density at radius 3 is 3.20 bits per heavy atom. The lowest BCUT2D eigenvalue weighted by atomic mass is 10.2. The van der Waals surface area contributed by atoms with Gasteiger partial charge in [0.2, 0.25) is 0 Å². The first kappa shape index (κ1) is 10.8. The van der Waals surface area contributed by atoms with E-state index in [-0.39, 0.29) is 0 Å². The third-order valence-electron chi connectivity index (χ3n) is 3.09. The summed E-state index contributed by atoms with van der Waals surface area (Å²) in [5, 5.41) is 0.793. The molecule has 0 bridgehead atoms. The minimum Gasteiger partial charge on any atom is -0.342 e. The second kappa shape index (κ2) is 4.88. The van der Waals surface area contributed by atoms with Gasteiger partial charge >= 0.3 is 0 Å². The number of nitrogens with zero attached hydrogens (tertiary/aromatic N) is 1. The molecule has 82 valence electrons. The quantitative estimate of drug-likeness (QED) is 0.731. The molecule has 1 fully saturated rings. The Hall–Kier alpha value is -0.700. The van der Waals surface area contributed by atoms with Crippen molar-refractivity contribution < 1.29 is 4.79 Å². The van der Waals surface area contributed by atoms with E-state index in [0.29, 0.717) is 6.04 Å². The number of carbonyl (C=O) groups is 1. The lowest BCUT2D eigenvalue weighted by molar-refractivity contribution is 0.111. The number of thioether (sulfide) groups is 1. The summed E-state index contributed by atoms with van der Waals surface area (Å²) >= 11 is 2.05. The molecule has 1 heterocycles. The van der Waals surface area contributed by atoms with Crippen LogP contribution in [0.3, 0.4) is 0 Å². The fraction of sp³-hybridized carbons (Fsp3) is 0.583. The second-order valence-electron chi connectivity index (χ2n) is 4.00. The van der Waals surface area contributed by atoms with Gasteiger partial charge in [-0.1, -0.05) is 6.92 Å². The van der Waals surface area contributed by atoms with Crippen LogP contribution in [0.15, 0.2) is 18.3 Å². The van der Waals surface area contributed by atoms with Crippen molar-refractivity contribution in [1.29, 1.82) is 0 Å². The highest BCUT2D eigenvalue weighted by Gasteiger charge is 2.26. The average molecular weight is 223 g/mol. The summed E-state index contributed by atoms with van der Waals surface area (Å²) in [6.07, 6.45) is 6.72. The Morgan fingerprint density at radius 1 is 1.60 bits per heavy atom. The van der Waals surface area contributed by atoms with E-state index in [1.165, 1.54) is 25.0 Å². The topological polar surface area (TPSA) is 22.0 Å². The molecule has 0 saturated heterocycles. The number of hydrogen-bond donors (Lipinski definition) is 0. The Balaban J connectivity index is 2.04. The van der Waals surface area contributed by atoms with Crippen molar-refractivity contribution in [3.63, 3.8) is 0 Å². The molecule has 0 aliphatic heterocycles. The molecule has 2 nitrogen and oxygen atoms in total. The molecule has 0 radical (unpaired) electrons. The smallest absolute Gasteiger partial charge is 0.166 e. The Kier molecular flexibility index (Phi) is 3.52. The largest absolute Gasteiger partial charge is 0.342 e. The van der Waals surface area contributed by atoms with Crippen LogP contribution in [0.4, 0.5) is 0 Å². The van der Waals surface area contributed by atoms with Crippen LogP contribution in [0.1, 0.15) is 42.7 Å². The first-order valence-electron chi connectivity index (χ1n) is 5.58. The number of rotatable bonds is 4. The number of hydrogen-bond acceptors (Lipinski definition) is 2. The van der Waals surface area contributed by atoms with Gasteiger partial charge in [-0.15, -0.1) is 0 Å². The third-order valence-corrected chi connectivity index (χ3v) is 4.32. The van der Waals surface area contributed by atoms with Crippen molar-refractivity contribution in [2.24, 2.45) is 0 Å². The highest BCUT2D eigenvalue weighted by molar-refractivity contribution is 7.99. The molecule has 2 unspecified atom stereocenters. The van der Waals surface area contributed by atoms with Gasteiger partial charge in [0, 0.05) is 17.5 Å². The van der Waals surface area contributed by atoms with Gasteiger partial charge < -0.3 is 4.57 Å². The van der Waals surface area contributed by atoms with E-state index >= 15 is 0 Å². The lowest BCUT2D eigenvalue weighted by Gasteiger charge is -2.14. The fourth-order valence-electron chi connectivity index (χ4n) is 2.40. The zero-order chi connectivity index (χ0) is 10.7. The summed E-state index contributed by atoms with van der Waals surface area (Å²) in [6.45, 7) is 2.21. The standard InChI is InChI=1S/C12H17NOS/c1-2-15-12-6-5-10(8-12)13-7-3-4-11(13)9-14/h3-4,7,9-10,12H,2,5-6,8H2,1H3. The molecule has 3 heteroatoms. The average Bonchev–Trinajstić information content (AvgIpc) is 2.84. The number of aromatic nitrogens is 1. The van der Waals surface area contributed by atoms with Crippen molar-refractivity contribution in [3.05, 3.63) is 24.0 Å². The summed E-state index contributed by atoms with van der Waals surface area (Å²) in [5.41, 5.74) is 0.821. The van der Waals surface area contributed by atoms with E-state index in [9.17, 15) is 4.79 Å². The highest BCUT2D eigenvalue weighted by Crippen LogP contribution is 2.37. The number of aldehydes is 1. The van der Waals surface area contributed by atoms with Crippen LogP contribution >= 0.6 is 11.8 Å². The van der Waals surface area contributed by atoms with Crippen molar-refractivity contribution in [3.8, 4) is 0 Å². The monoisotopic (exact) mass is 223 g/mol. The van der Waals surface area contributed by atoms with E-state index in [1.54, 1.807) is 0 Å². The molecule has 0 N–H and O–H groups in total. The summed E-state index contributed by atoms with van der Waals surface area (Å²) in [4.78, 5) is 10.8. The van der Waals surface area contributed by atoms with E-state index < -0.39 is 0 Å². The minimum absolute atomic E-state index is 0.546. The van der Waals surface area contributed by atoms with Gasteiger partial charge in [0.05, 0.1) is 5.69 Å². The van der Waals surface area contributed by atoms with Crippen LogP contribution in [0.5, 0.6) is 0 Å². The molecule has 0 spiro atoms. The predicted octanol–water partition coefficient (Wildman–Crippen LogP) is 3.15. The molecule has 1 aromatic rings. The number of carbonyl (C=O) groups excluding carboxylic acids is 1. The molecule has 15 heavy (non-hydrogen) atoms. The van der Waals surface area contributed by atoms with E-state index in [2.05, 4.69) is 23.3 Å². The van der Waals surface area contributed by atoms with Crippen molar-refractivity contribution >= 4 is 18.0 Å². The van der Waals surface area contributed by atoms with Crippen molar-refractivity contribution in [2.75, 3.05) is 5.75 Å². The molecule has 0 aromatic carbocycles. The van der Waals surface area contributed by atoms with Crippen LogP contribution in [0, 0.1) is 0 Å². The molecule has 2 atom stereocenters. The van der Waals surface area contributed by atoms with E-state index in [4.69, 9.17) is 0 Å². The van der Waals surface area contributed by atoms with Crippen LogP contribution < -0.4 is 0 Å². The zero-order valence-corrected chi connectivity index (χ0v) is 9.87. The highest BCUT2D eigenvalue weighted by atomic mass is 32.2. The van der Waals surface area contributed by atoms with Gasteiger partial charge in [-0.3, -0.25) is 4.79 Å². The van der Waals surface area contributed by atoms with Gasteiger partial charge in [-0.25, -0.2) is 0 Å². The summed E-state index contributed by atoms with van der Waals surface area (Å²) in [6, 6.07) is 4.40. The minimum atomic E-state index is 0.546. The van der Waals surface area contributed by atoms with Crippen LogP contribution in [-0.4, -0.2) is 21.9 Å². The Labute approximate surface area is 95.0 Å². The van der Waals surface area contributed by atoms with Crippen molar-refractivity contribution in [1.82, 2.24) is 4.57 Å². The fourth-order valence-corrected chi connectivity index (χ4v) is 3.53.